The van der Waals surface area contributed by atoms with Gasteiger partial charge in [-0.05, 0) is 51.4 Å². The first-order valence-corrected chi connectivity index (χ1v) is 12.4. The summed E-state index contributed by atoms with van der Waals surface area (Å²) in [7, 11) is 0. The Morgan fingerprint density at radius 1 is 0.897 bits per heavy atom. The van der Waals surface area contributed by atoms with E-state index in [4.69, 9.17) is 4.74 Å². The summed E-state index contributed by atoms with van der Waals surface area (Å²) in [6.45, 7) is 0.210. The molecule has 0 bridgehead atoms. The molecule has 0 aliphatic heterocycles. The Bertz CT molecular complexity index is 1840. The van der Waals surface area contributed by atoms with Crippen LogP contribution in [0.4, 0.5) is 5.69 Å². The topological polar surface area (TPSA) is 104 Å². The predicted molar refractivity (Wildman–Crippen MR) is 151 cm³/mol. The van der Waals surface area contributed by atoms with Crippen LogP contribution in [0.2, 0.25) is 0 Å². The zero-order valence-electron chi connectivity index (χ0n) is 20.7. The smallest absolute Gasteiger partial charge is 0.291 e. The van der Waals surface area contributed by atoms with E-state index in [9.17, 15) is 14.7 Å². The van der Waals surface area contributed by atoms with Crippen LogP contribution in [-0.2, 0) is 6.61 Å². The van der Waals surface area contributed by atoms with Gasteiger partial charge in [-0.25, -0.2) is 4.98 Å². The number of carbonyl (C=O) groups excluding carboxylic acids is 2. The molecule has 1 aromatic heterocycles. The van der Waals surface area contributed by atoms with Crippen LogP contribution in [0.5, 0.6) is 11.5 Å². The number of imidazole rings is 1. The van der Waals surface area contributed by atoms with Gasteiger partial charge in [-0.3, -0.25) is 9.59 Å². The molecule has 0 saturated heterocycles. The van der Waals surface area contributed by atoms with Crippen LogP contribution in [-0.4, -0.2) is 27.3 Å². The van der Waals surface area contributed by atoms with Crippen LogP contribution < -0.4 is 10.1 Å². The predicted octanol–water partition coefficient (Wildman–Crippen LogP) is 6.73. The second kappa shape index (κ2) is 10.1. The molecule has 3 N–H and O–H groups in total. The number of hydrogen-bond acceptors (Lipinski definition) is 5. The molecule has 0 saturated carbocycles. The fourth-order valence-electron chi connectivity index (χ4n) is 4.81. The third kappa shape index (κ3) is 4.57. The summed E-state index contributed by atoms with van der Waals surface area (Å²) in [5.41, 5.74) is 2.90. The van der Waals surface area contributed by atoms with Crippen molar-refractivity contribution in [1.29, 1.82) is 0 Å². The van der Waals surface area contributed by atoms with E-state index < -0.39 is 0 Å². The van der Waals surface area contributed by atoms with Gasteiger partial charge < -0.3 is 20.1 Å². The number of carbonyl (C=O) groups is 2. The van der Waals surface area contributed by atoms with Crippen molar-refractivity contribution in [2.75, 3.05) is 5.32 Å². The molecule has 6 aromatic rings. The first-order chi connectivity index (χ1) is 19.1. The van der Waals surface area contributed by atoms with Gasteiger partial charge in [0.25, 0.3) is 5.91 Å². The molecule has 1 heterocycles. The number of aromatic amines is 1. The van der Waals surface area contributed by atoms with Gasteiger partial charge in [0.1, 0.15) is 18.1 Å². The molecule has 7 nitrogen and oxygen atoms in total. The summed E-state index contributed by atoms with van der Waals surface area (Å²) < 4.78 is 6.36. The van der Waals surface area contributed by atoms with Crippen molar-refractivity contribution in [2.24, 2.45) is 0 Å². The fraction of sp³-hybridized carbons (Fsp3) is 0.0312. The van der Waals surface area contributed by atoms with Gasteiger partial charge in [0, 0.05) is 29.2 Å². The van der Waals surface area contributed by atoms with Gasteiger partial charge in [-0.15, -0.1) is 0 Å². The Balaban J connectivity index is 1.41. The molecule has 6 rings (SSSR count). The molecule has 0 atom stereocenters. The quantitative estimate of drug-likeness (QED) is 0.205. The van der Waals surface area contributed by atoms with E-state index in [1.165, 1.54) is 6.20 Å². The van der Waals surface area contributed by atoms with Crippen molar-refractivity contribution >= 4 is 39.4 Å². The van der Waals surface area contributed by atoms with Crippen LogP contribution in [0.15, 0.2) is 103 Å². The average molecular weight is 514 g/mol. The Kier molecular flexibility index (Phi) is 6.23. The van der Waals surface area contributed by atoms with Crippen molar-refractivity contribution in [3.05, 3.63) is 120 Å². The second-order valence-electron chi connectivity index (χ2n) is 9.07. The number of ether oxygens (including phenoxy) is 1. The standard InChI is InChI=1S/C32H23N3O4/c36-18-23-17-22-8-2-4-11-26(22)29(30(23)37)28-25-10-3-1-7-21(25)12-13-27(28)39-19-20-6-5-9-24(16-20)35-32(38)31-33-14-15-34-31/h1-18,37H,19H2,(H,33,34)(H,35,38). The number of nitrogens with zero attached hydrogens (tertiary/aromatic N) is 1. The Hall–Kier alpha value is -5.43. The number of rotatable bonds is 7. The lowest BCUT2D eigenvalue weighted by molar-refractivity contribution is 0.101. The number of aromatic hydroxyl groups is 1. The maximum absolute atomic E-state index is 12.4. The highest BCUT2D eigenvalue weighted by atomic mass is 16.5. The Morgan fingerprint density at radius 2 is 1.67 bits per heavy atom. The van der Waals surface area contributed by atoms with E-state index in [-0.39, 0.29) is 29.7 Å². The number of phenolic OH excluding ortho intramolecular Hbond substituents is 1. The summed E-state index contributed by atoms with van der Waals surface area (Å²) >= 11 is 0. The molecule has 190 valence electrons. The average Bonchev–Trinajstić information content (AvgIpc) is 3.52. The van der Waals surface area contributed by atoms with E-state index in [0.717, 1.165) is 27.1 Å². The summed E-state index contributed by atoms with van der Waals surface area (Å²) in [6.07, 6.45) is 3.78. The Morgan fingerprint density at radius 3 is 2.44 bits per heavy atom. The van der Waals surface area contributed by atoms with Crippen LogP contribution in [0.3, 0.4) is 0 Å². The van der Waals surface area contributed by atoms with Gasteiger partial charge in [0.05, 0.1) is 5.56 Å². The van der Waals surface area contributed by atoms with Crippen molar-refractivity contribution in [2.45, 2.75) is 6.61 Å². The van der Waals surface area contributed by atoms with Crippen LogP contribution in [0.1, 0.15) is 26.5 Å². The third-order valence-corrected chi connectivity index (χ3v) is 6.61. The molecule has 0 spiro atoms. The maximum atomic E-state index is 12.4. The van der Waals surface area contributed by atoms with Gasteiger partial charge >= 0.3 is 0 Å². The highest BCUT2D eigenvalue weighted by molar-refractivity contribution is 6.12. The van der Waals surface area contributed by atoms with E-state index >= 15 is 0 Å². The first-order valence-electron chi connectivity index (χ1n) is 12.4. The van der Waals surface area contributed by atoms with Gasteiger partial charge in [-0.2, -0.15) is 0 Å². The zero-order chi connectivity index (χ0) is 26.8. The number of hydrogen-bond donors (Lipinski definition) is 3. The van der Waals surface area contributed by atoms with Crippen LogP contribution in [0.25, 0.3) is 32.7 Å². The van der Waals surface area contributed by atoms with Gasteiger partial charge in [0.15, 0.2) is 12.1 Å². The number of anilines is 1. The lowest BCUT2D eigenvalue weighted by atomic mass is 9.90. The summed E-state index contributed by atoms with van der Waals surface area (Å²) in [5, 5.41) is 17.6. The number of aromatic nitrogens is 2. The number of nitrogens with one attached hydrogen (secondary N) is 2. The molecule has 0 fully saturated rings. The minimum Gasteiger partial charge on any atom is -0.507 e. The van der Waals surface area contributed by atoms with Crippen molar-refractivity contribution in [1.82, 2.24) is 9.97 Å². The summed E-state index contributed by atoms with van der Waals surface area (Å²) in [6, 6.07) is 28.4. The molecule has 0 unspecified atom stereocenters. The monoisotopic (exact) mass is 513 g/mol. The number of H-pyrrole nitrogens is 1. The van der Waals surface area contributed by atoms with E-state index in [1.54, 1.807) is 18.3 Å². The van der Waals surface area contributed by atoms with Gasteiger partial charge in [0.2, 0.25) is 0 Å². The maximum Gasteiger partial charge on any atom is 0.291 e. The normalized spacial score (nSPS) is 11.0. The number of fused-ring (bicyclic) bond motifs is 2. The zero-order valence-corrected chi connectivity index (χ0v) is 20.7. The lowest BCUT2D eigenvalue weighted by Crippen LogP contribution is -2.13. The molecular formula is C32H23N3O4. The number of benzene rings is 5. The van der Waals surface area contributed by atoms with Gasteiger partial charge in [-0.1, -0.05) is 66.7 Å². The van der Waals surface area contributed by atoms with E-state index in [1.807, 2.05) is 78.9 Å². The van der Waals surface area contributed by atoms with Crippen LogP contribution >= 0.6 is 0 Å². The molecule has 5 aromatic carbocycles. The SMILES string of the molecule is O=Cc1cc2ccccc2c(-c2c(OCc3cccc(NC(=O)c4ncc[nH]4)c3)ccc3ccccc23)c1O. The van der Waals surface area contributed by atoms with Crippen molar-refractivity contribution in [3.8, 4) is 22.6 Å². The minimum atomic E-state index is -0.340. The largest absolute Gasteiger partial charge is 0.507 e. The number of aldehydes is 1. The summed E-state index contributed by atoms with van der Waals surface area (Å²) in [5.74, 6) is 0.351. The molecule has 1 amide bonds. The third-order valence-electron chi connectivity index (χ3n) is 6.61. The van der Waals surface area contributed by atoms with E-state index in [2.05, 4.69) is 15.3 Å². The number of phenols is 1. The first kappa shape index (κ1) is 23.9. The van der Waals surface area contributed by atoms with Crippen molar-refractivity contribution < 1.29 is 19.4 Å². The second-order valence-corrected chi connectivity index (χ2v) is 9.07. The number of amides is 1. The summed E-state index contributed by atoms with van der Waals surface area (Å²) in [4.78, 5) is 31.0. The highest BCUT2D eigenvalue weighted by Crippen LogP contribution is 2.46. The molecule has 0 aliphatic carbocycles. The fourth-order valence-corrected chi connectivity index (χ4v) is 4.81. The van der Waals surface area contributed by atoms with Crippen LogP contribution in [0, 0.1) is 0 Å². The molecule has 39 heavy (non-hydrogen) atoms. The molecule has 0 aliphatic rings. The molecular weight excluding hydrogens is 490 g/mol. The van der Waals surface area contributed by atoms with Crippen molar-refractivity contribution in [3.63, 3.8) is 0 Å². The Labute approximate surface area is 223 Å². The minimum absolute atomic E-state index is 0.0902. The lowest BCUT2D eigenvalue weighted by Gasteiger charge is -2.18. The molecule has 7 heteroatoms. The van der Waals surface area contributed by atoms with E-state index in [0.29, 0.717) is 28.8 Å². The highest BCUT2D eigenvalue weighted by Gasteiger charge is 2.20. The molecule has 0 radical (unpaired) electrons.